The molecule has 1 aliphatic rings. The molecule has 1 atom stereocenters. The van der Waals surface area contributed by atoms with Crippen molar-refractivity contribution in [1.82, 2.24) is 0 Å². The highest BCUT2D eigenvalue weighted by Crippen LogP contribution is 2.63. The van der Waals surface area contributed by atoms with E-state index in [0.29, 0.717) is 26.1 Å². The molecule has 0 aromatic carbocycles. The largest absolute Gasteiger partial charge is 0.451 e. The highest BCUT2D eigenvalue weighted by molar-refractivity contribution is 8.68. The molecule has 0 bridgehead atoms. The maximum atomic E-state index is 10.9. The van der Waals surface area contributed by atoms with Gasteiger partial charge >= 0.3 is 5.97 Å². The van der Waals surface area contributed by atoms with Gasteiger partial charge in [0.2, 0.25) is 0 Å². The summed E-state index contributed by atoms with van der Waals surface area (Å²) >= 11 is 6.66. The van der Waals surface area contributed by atoms with Gasteiger partial charge in [0, 0.05) is 12.8 Å². The minimum atomic E-state index is -2.32. The topological polar surface area (TPSA) is 44.8 Å². The Hall–Kier alpha value is 0.390. The van der Waals surface area contributed by atoms with Gasteiger partial charge in [0.1, 0.15) is 0 Å². The molecule has 0 radical (unpaired) electrons. The second-order valence-electron chi connectivity index (χ2n) is 2.85. The van der Waals surface area contributed by atoms with Crippen molar-refractivity contribution in [2.24, 2.45) is 0 Å². The summed E-state index contributed by atoms with van der Waals surface area (Å²) in [5.41, 5.74) is -2.52. The average molecular weight is 270 g/mol. The fourth-order valence-corrected chi connectivity index (χ4v) is 6.43. The first-order chi connectivity index (χ1) is 7.09. The summed E-state index contributed by atoms with van der Waals surface area (Å²) in [6.45, 7) is 4.79. The van der Waals surface area contributed by atoms with Crippen molar-refractivity contribution in [3.63, 3.8) is 0 Å². The Kier molecular flexibility index (Phi) is 5.57. The predicted molar refractivity (Wildman–Crippen MR) is 64.2 cm³/mol. The van der Waals surface area contributed by atoms with E-state index in [1.165, 1.54) is 11.4 Å². The molecule has 0 saturated carbocycles. The summed E-state index contributed by atoms with van der Waals surface area (Å²) in [4.78, 5) is 10.9. The molecule has 1 saturated heterocycles. The van der Waals surface area contributed by atoms with Crippen LogP contribution in [0, 0.1) is 0 Å². The van der Waals surface area contributed by atoms with Gasteiger partial charge in [-0.15, -0.1) is 0 Å². The number of hydrogen-bond donors (Lipinski definition) is 0. The molecule has 0 amide bonds. The Morgan fingerprint density at radius 2 is 2.13 bits per heavy atom. The Morgan fingerprint density at radius 1 is 1.53 bits per heavy atom. The summed E-state index contributed by atoms with van der Waals surface area (Å²) in [6.07, 6.45) is 1.16. The van der Waals surface area contributed by atoms with Crippen LogP contribution < -0.4 is 0 Å². The maximum Gasteiger partial charge on any atom is 0.307 e. The summed E-state index contributed by atoms with van der Waals surface area (Å²) in [5, 5.41) is 0. The number of esters is 1. The lowest BCUT2D eigenvalue weighted by molar-refractivity contribution is -0.138. The summed E-state index contributed by atoms with van der Waals surface area (Å²) in [6, 6.07) is 0. The Morgan fingerprint density at radius 3 is 2.53 bits per heavy atom. The van der Waals surface area contributed by atoms with Crippen LogP contribution in [-0.4, -0.2) is 24.6 Å². The smallest absolute Gasteiger partial charge is 0.307 e. The fraction of sp³-hybridized carbons (Fsp3) is 0.875. The van der Waals surface area contributed by atoms with Crippen LogP contribution in [0.2, 0.25) is 0 Å². The number of ether oxygens (including phenoxy) is 1. The molecule has 1 rings (SSSR count). The van der Waals surface area contributed by atoms with Gasteiger partial charge in [-0.25, -0.2) is 0 Å². The third kappa shape index (κ3) is 4.41. The Labute approximate surface area is 99.0 Å². The van der Waals surface area contributed by atoms with E-state index in [0.717, 1.165) is 0 Å². The number of rotatable bonds is 6. The fourth-order valence-electron chi connectivity index (χ4n) is 1.13. The quantitative estimate of drug-likeness (QED) is 0.546. The molecule has 88 valence electrons. The van der Waals surface area contributed by atoms with Gasteiger partial charge in [0.15, 0.2) is 5.44 Å². The molecule has 0 aromatic rings. The Bertz CT molecular complexity index is 261. The van der Waals surface area contributed by atoms with Crippen molar-refractivity contribution < 1.29 is 18.6 Å². The third-order valence-electron chi connectivity index (χ3n) is 1.67. The van der Waals surface area contributed by atoms with Gasteiger partial charge in [0.05, 0.1) is 13.2 Å². The number of carbonyl (C=O) groups is 1. The SMILES string of the molecule is CCOP(=S)(OCC)SC1CCC(=O)O1. The standard InChI is InChI=1S/C8H15O4PS2/c1-3-10-13(14,11-4-2)15-8-6-5-7(9)12-8/h8H,3-6H2,1-2H3. The second kappa shape index (κ2) is 6.21. The highest BCUT2D eigenvalue weighted by atomic mass is 32.9. The first-order valence-electron chi connectivity index (χ1n) is 4.86. The predicted octanol–water partition coefficient (Wildman–Crippen LogP) is 2.68. The monoisotopic (exact) mass is 270 g/mol. The summed E-state index contributed by atoms with van der Waals surface area (Å²) in [5.74, 6) is -0.165. The molecule has 0 N–H and O–H groups in total. The first kappa shape index (κ1) is 13.5. The molecule has 7 heteroatoms. The van der Waals surface area contributed by atoms with Crippen molar-refractivity contribution in [1.29, 1.82) is 0 Å². The minimum absolute atomic E-state index is 0.165. The van der Waals surface area contributed by atoms with E-state index in [1.54, 1.807) is 0 Å². The van der Waals surface area contributed by atoms with Crippen LogP contribution in [0.5, 0.6) is 0 Å². The molecule has 0 aliphatic carbocycles. The highest BCUT2D eigenvalue weighted by Gasteiger charge is 2.31. The van der Waals surface area contributed by atoms with Gasteiger partial charge < -0.3 is 13.8 Å². The molecule has 1 heterocycles. The van der Waals surface area contributed by atoms with Gasteiger partial charge in [-0.05, 0) is 37.0 Å². The lowest BCUT2D eigenvalue weighted by atomic mass is 10.4. The van der Waals surface area contributed by atoms with Crippen molar-refractivity contribution in [2.75, 3.05) is 13.2 Å². The molecule has 1 fully saturated rings. The average Bonchev–Trinajstić information content (AvgIpc) is 2.51. The molecular formula is C8H15O4PS2. The normalized spacial score (nSPS) is 21.7. The molecule has 1 aliphatic heterocycles. The van der Waals surface area contributed by atoms with Gasteiger partial charge in [0.25, 0.3) is 5.69 Å². The van der Waals surface area contributed by atoms with E-state index in [9.17, 15) is 4.79 Å². The minimum Gasteiger partial charge on any atom is -0.451 e. The van der Waals surface area contributed by atoms with E-state index in [1.807, 2.05) is 13.8 Å². The van der Waals surface area contributed by atoms with Crippen LogP contribution in [0.3, 0.4) is 0 Å². The molecule has 15 heavy (non-hydrogen) atoms. The van der Waals surface area contributed by atoms with Gasteiger partial charge in [-0.1, -0.05) is 0 Å². The van der Waals surface area contributed by atoms with E-state index in [4.69, 9.17) is 25.6 Å². The molecule has 4 nitrogen and oxygen atoms in total. The zero-order chi connectivity index (χ0) is 11.3. The van der Waals surface area contributed by atoms with Crippen LogP contribution in [-0.2, 0) is 30.4 Å². The van der Waals surface area contributed by atoms with Crippen LogP contribution in [0.1, 0.15) is 26.7 Å². The van der Waals surface area contributed by atoms with Crippen LogP contribution >= 0.6 is 17.1 Å². The van der Waals surface area contributed by atoms with Gasteiger partial charge in [-0.3, -0.25) is 4.79 Å². The maximum absolute atomic E-state index is 10.9. The van der Waals surface area contributed by atoms with Crippen LogP contribution in [0.25, 0.3) is 0 Å². The van der Waals surface area contributed by atoms with Crippen molar-refractivity contribution in [2.45, 2.75) is 32.1 Å². The zero-order valence-electron chi connectivity index (χ0n) is 8.80. The van der Waals surface area contributed by atoms with E-state index in [2.05, 4.69) is 0 Å². The van der Waals surface area contributed by atoms with E-state index in [-0.39, 0.29) is 11.4 Å². The number of carbonyl (C=O) groups excluding carboxylic acids is 1. The first-order valence-corrected chi connectivity index (χ1v) is 8.99. The van der Waals surface area contributed by atoms with Crippen molar-refractivity contribution >= 4 is 34.9 Å². The lowest BCUT2D eigenvalue weighted by Crippen LogP contribution is -2.03. The van der Waals surface area contributed by atoms with Crippen LogP contribution in [0.15, 0.2) is 0 Å². The number of cyclic esters (lactones) is 1. The number of hydrogen-bond acceptors (Lipinski definition) is 6. The molecule has 0 spiro atoms. The summed E-state index contributed by atoms with van der Waals surface area (Å²) < 4.78 is 16.0. The molecule has 0 aromatic heterocycles. The van der Waals surface area contributed by atoms with Gasteiger partial charge in [-0.2, -0.15) is 0 Å². The van der Waals surface area contributed by atoms with E-state index < -0.39 is 5.69 Å². The third-order valence-corrected chi connectivity index (χ3v) is 7.16. The van der Waals surface area contributed by atoms with Crippen molar-refractivity contribution in [3.05, 3.63) is 0 Å². The second-order valence-corrected chi connectivity index (χ2v) is 9.20. The lowest BCUT2D eigenvalue weighted by Gasteiger charge is -2.22. The zero-order valence-corrected chi connectivity index (χ0v) is 11.3. The molecule has 1 unspecified atom stereocenters. The summed E-state index contributed by atoms with van der Waals surface area (Å²) in [7, 11) is 0. The van der Waals surface area contributed by atoms with E-state index >= 15 is 0 Å². The van der Waals surface area contributed by atoms with Crippen molar-refractivity contribution in [3.8, 4) is 0 Å². The molecular weight excluding hydrogens is 255 g/mol. The van der Waals surface area contributed by atoms with Crippen LogP contribution in [0.4, 0.5) is 0 Å². The Balaban J connectivity index is 2.50.